The Balaban J connectivity index is 1.49. The molecule has 0 bridgehead atoms. The molecule has 4 aromatic carbocycles. The number of benzene rings is 4. The molecular weight excluding hydrogens is 481 g/mol. The van der Waals surface area contributed by atoms with E-state index in [0.717, 1.165) is 44.2 Å². The number of carbonyl (C=O) groups excluding carboxylic acids is 1. The van der Waals surface area contributed by atoms with Crippen molar-refractivity contribution in [3.63, 3.8) is 0 Å². The van der Waals surface area contributed by atoms with Crippen LogP contribution in [0.4, 0.5) is 10.1 Å². The summed E-state index contributed by atoms with van der Waals surface area (Å²) < 4.78 is 24.9. The molecule has 0 spiro atoms. The number of methoxy groups -OCH3 is 2. The van der Waals surface area contributed by atoms with Gasteiger partial charge in [0.1, 0.15) is 5.82 Å². The summed E-state index contributed by atoms with van der Waals surface area (Å²) in [4.78, 5) is 13.2. The second kappa shape index (κ2) is 10.1. The minimum absolute atomic E-state index is 0.0838. The number of phenolic OH excluding ortho intramolecular Hbond substituents is 1. The van der Waals surface area contributed by atoms with E-state index in [4.69, 9.17) is 9.47 Å². The van der Waals surface area contributed by atoms with Gasteiger partial charge in [0.2, 0.25) is 11.7 Å². The predicted octanol–water partition coefficient (Wildman–Crippen LogP) is 7.37. The number of hydrogen-bond acceptors (Lipinski definition) is 4. The Morgan fingerprint density at radius 3 is 2.32 bits per heavy atom. The van der Waals surface area contributed by atoms with Gasteiger partial charge in [-0.2, -0.15) is 0 Å². The lowest BCUT2D eigenvalue weighted by atomic mass is 10.00. The number of fused-ring (bicyclic) bond motifs is 2. The van der Waals surface area contributed by atoms with Crippen LogP contribution in [0, 0.1) is 12.7 Å². The Bertz CT molecular complexity index is 1630. The summed E-state index contributed by atoms with van der Waals surface area (Å²) in [5.74, 6) is -0.0791. The molecule has 0 saturated heterocycles. The summed E-state index contributed by atoms with van der Waals surface area (Å²) >= 11 is 0. The van der Waals surface area contributed by atoms with E-state index < -0.39 is 0 Å². The topological polar surface area (TPSA) is 67.8 Å². The van der Waals surface area contributed by atoms with E-state index in [1.807, 2.05) is 38.1 Å². The first kappa shape index (κ1) is 25.1. The SMILES string of the molecule is COc1cc(C=C2C(C)=C(CC(=O)Nc3ccc4ccc(C)cc4c3)c3cc(F)ccc32)cc(OC)c1O. The van der Waals surface area contributed by atoms with Gasteiger partial charge in [0.25, 0.3) is 0 Å². The van der Waals surface area contributed by atoms with Crippen molar-refractivity contribution in [2.24, 2.45) is 0 Å². The zero-order valence-corrected chi connectivity index (χ0v) is 21.7. The fourth-order valence-electron chi connectivity index (χ4n) is 4.95. The molecule has 192 valence electrons. The number of halogens is 1. The second-order valence-corrected chi connectivity index (χ2v) is 9.42. The van der Waals surface area contributed by atoms with Gasteiger partial charge in [0, 0.05) is 5.69 Å². The highest BCUT2D eigenvalue weighted by atomic mass is 19.1. The van der Waals surface area contributed by atoms with E-state index in [-0.39, 0.29) is 35.4 Å². The molecule has 6 heteroatoms. The number of amides is 1. The van der Waals surface area contributed by atoms with Gasteiger partial charge in [-0.3, -0.25) is 4.79 Å². The van der Waals surface area contributed by atoms with Crippen molar-refractivity contribution < 1.29 is 23.8 Å². The Morgan fingerprint density at radius 1 is 0.895 bits per heavy atom. The second-order valence-electron chi connectivity index (χ2n) is 9.42. The highest BCUT2D eigenvalue weighted by Crippen LogP contribution is 2.45. The number of allylic oxidation sites excluding steroid dienone is 2. The van der Waals surface area contributed by atoms with Gasteiger partial charge in [-0.1, -0.05) is 35.9 Å². The Kier molecular flexibility index (Phi) is 6.64. The number of aryl methyl sites for hydroxylation is 1. The molecule has 4 aromatic rings. The molecule has 2 N–H and O–H groups in total. The van der Waals surface area contributed by atoms with Crippen LogP contribution in [0.1, 0.15) is 35.6 Å². The van der Waals surface area contributed by atoms with Gasteiger partial charge in [0.15, 0.2) is 11.5 Å². The summed E-state index contributed by atoms with van der Waals surface area (Å²) in [6, 6.07) is 20.0. The van der Waals surface area contributed by atoms with Crippen LogP contribution in [0.25, 0.3) is 28.0 Å². The quantitative estimate of drug-likeness (QED) is 0.285. The summed E-state index contributed by atoms with van der Waals surface area (Å²) in [6.07, 6.45) is 2.01. The van der Waals surface area contributed by atoms with E-state index >= 15 is 0 Å². The molecule has 0 unspecified atom stereocenters. The van der Waals surface area contributed by atoms with E-state index in [1.54, 1.807) is 18.2 Å². The molecule has 0 atom stereocenters. The standard InChI is InChI=1S/C32H28FNO4/c1-18-5-6-21-7-9-24(15-22(21)11-18)34-31(35)17-27-19(2)26(25-10-8-23(33)16-28(25)27)12-20-13-29(37-3)32(36)30(14-20)38-4/h5-16,36H,17H2,1-4H3,(H,34,35). The number of anilines is 1. The van der Waals surface area contributed by atoms with Gasteiger partial charge in [-0.15, -0.1) is 0 Å². The smallest absolute Gasteiger partial charge is 0.228 e. The number of carbonyl (C=O) groups is 1. The molecule has 5 nitrogen and oxygen atoms in total. The molecule has 1 amide bonds. The van der Waals surface area contributed by atoms with Crippen LogP contribution >= 0.6 is 0 Å². The maximum absolute atomic E-state index is 14.3. The highest BCUT2D eigenvalue weighted by Gasteiger charge is 2.26. The summed E-state index contributed by atoms with van der Waals surface area (Å²) in [6.45, 7) is 3.96. The van der Waals surface area contributed by atoms with Crippen LogP contribution in [0.2, 0.25) is 0 Å². The fourth-order valence-corrected chi connectivity index (χ4v) is 4.95. The molecular formula is C32H28FNO4. The van der Waals surface area contributed by atoms with Crippen LogP contribution in [-0.2, 0) is 4.79 Å². The molecule has 0 saturated carbocycles. The first-order valence-corrected chi connectivity index (χ1v) is 12.2. The number of aromatic hydroxyl groups is 1. The third-order valence-corrected chi connectivity index (χ3v) is 6.88. The average molecular weight is 510 g/mol. The number of ether oxygens (including phenoxy) is 2. The normalized spacial score (nSPS) is 13.7. The molecule has 0 aromatic heterocycles. The van der Waals surface area contributed by atoms with E-state index in [2.05, 4.69) is 23.5 Å². The van der Waals surface area contributed by atoms with Crippen molar-refractivity contribution in [2.45, 2.75) is 20.3 Å². The zero-order chi connectivity index (χ0) is 27.0. The van der Waals surface area contributed by atoms with E-state index in [9.17, 15) is 14.3 Å². The average Bonchev–Trinajstić information content (AvgIpc) is 3.14. The molecule has 1 aliphatic carbocycles. The van der Waals surface area contributed by atoms with Crippen LogP contribution in [0.15, 0.2) is 72.3 Å². The molecule has 5 rings (SSSR count). The minimum atomic E-state index is -0.367. The molecule has 1 aliphatic rings. The molecule has 0 aliphatic heterocycles. The van der Waals surface area contributed by atoms with Crippen molar-refractivity contribution >= 4 is 39.6 Å². The first-order valence-electron chi connectivity index (χ1n) is 12.2. The lowest BCUT2D eigenvalue weighted by molar-refractivity contribution is -0.115. The van der Waals surface area contributed by atoms with E-state index in [0.29, 0.717) is 11.3 Å². The molecule has 0 fully saturated rings. The Labute approximate surface area is 220 Å². The largest absolute Gasteiger partial charge is 0.502 e. The molecule has 0 radical (unpaired) electrons. The highest BCUT2D eigenvalue weighted by molar-refractivity contribution is 6.10. The Morgan fingerprint density at radius 2 is 1.61 bits per heavy atom. The first-order chi connectivity index (χ1) is 18.3. The van der Waals surface area contributed by atoms with Crippen LogP contribution in [0.3, 0.4) is 0 Å². The van der Waals surface area contributed by atoms with E-state index in [1.165, 1.54) is 26.4 Å². The number of rotatable bonds is 6. The van der Waals surface area contributed by atoms with Crippen molar-refractivity contribution in [2.75, 3.05) is 19.5 Å². The summed E-state index contributed by atoms with van der Waals surface area (Å²) in [5.41, 5.74) is 6.61. The van der Waals surface area contributed by atoms with Crippen molar-refractivity contribution in [3.8, 4) is 17.2 Å². The molecule has 0 heterocycles. The van der Waals surface area contributed by atoms with Crippen molar-refractivity contribution in [3.05, 3.63) is 100 Å². The van der Waals surface area contributed by atoms with Crippen LogP contribution in [-0.4, -0.2) is 25.2 Å². The Hall–Kier alpha value is -4.58. The maximum Gasteiger partial charge on any atom is 0.228 e. The van der Waals surface area contributed by atoms with Gasteiger partial charge < -0.3 is 19.9 Å². The van der Waals surface area contributed by atoms with Gasteiger partial charge in [-0.25, -0.2) is 4.39 Å². The van der Waals surface area contributed by atoms with Crippen molar-refractivity contribution in [1.82, 2.24) is 0 Å². The van der Waals surface area contributed by atoms with Gasteiger partial charge in [-0.05, 0) is 101 Å². The third-order valence-electron chi connectivity index (χ3n) is 6.88. The van der Waals surface area contributed by atoms with Crippen LogP contribution < -0.4 is 14.8 Å². The summed E-state index contributed by atoms with van der Waals surface area (Å²) in [5, 5.41) is 15.4. The predicted molar refractivity (Wildman–Crippen MR) is 150 cm³/mol. The molecule has 38 heavy (non-hydrogen) atoms. The van der Waals surface area contributed by atoms with Gasteiger partial charge in [0.05, 0.1) is 20.6 Å². The minimum Gasteiger partial charge on any atom is -0.502 e. The monoisotopic (exact) mass is 509 g/mol. The van der Waals surface area contributed by atoms with Gasteiger partial charge >= 0.3 is 0 Å². The number of phenols is 1. The zero-order valence-electron chi connectivity index (χ0n) is 21.7. The number of hydrogen-bond donors (Lipinski definition) is 2. The lowest BCUT2D eigenvalue weighted by Gasteiger charge is -2.11. The summed E-state index contributed by atoms with van der Waals surface area (Å²) in [7, 11) is 2.94. The van der Waals surface area contributed by atoms with Crippen LogP contribution in [0.5, 0.6) is 17.2 Å². The van der Waals surface area contributed by atoms with Crippen molar-refractivity contribution in [1.29, 1.82) is 0 Å². The third kappa shape index (κ3) is 4.73. The fraction of sp³-hybridized carbons (Fsp3) is 0.156. The lowest BCUT2D eigenvalue weighted by Crippen LogP contribution is -2.12. The maximum atomic E-state index is 14.3. The number of nitrogens with one attached hydrogen (secondary N) is 1.